The molecule has 0 bridgehead atoms. The molecule has 7 nitrogen and oxygen atoms in total. The van der Waals surface area contributed by atoms with Crippen LogP contribution in [0.2, 0.25) is 0 Å². The maximum Gasteiger partial charge on any atom is 0.328 e. The summed E-state index contributed by atoms with van der Waals surface area (Å²) in [6.45, 7) is 3.79. The number of urea groups is 1. The van der Waals surface area contributed by atoms with E-state index in [1.807, 2.05) is 0 Å². The van der Waals surface area contributed by atoms with Gasteiger partial charge in [0.2, 0.25) is 0 Å². The van der Waals surface area contributed by atoms with Gasteiger partial charge in [0.15, 0.2) is 6.04 Å². The fraction of sp³-hybridized carbons (Fsp3) is 0.818. The summed E-state index contributed by atoms with van der Waals surface area (Å²) >= 11 is 0. The summed E-state index contributed by atoms with van der Waals surface area (Å²) in [7, 11) is 0. The number of carboxylic acid groups (broad SMARTS) is 1. The molecule has 4 N–H and O–H groups in total. The highest BCUT2D eigenvalue weighted by Crippen LogP contribution is 2.15. The zero-order valence-corrected chi connectivity index (χ0v) is 10.5. The van der Waals surface area contributed by atoms with Crippen molar-refractivity contribution < 1.29 is 24.5 Å². The Labute approximate surface area is 106 Å². The molecule has 0 aromatic rings. The third kappa shape index (κ3) is 4.15. The second-order valence-corrected chi connectivity index (χ2v) is 4.51. The highest BCUT2D eigenvalue weighted by atomic mass is 16.5. The number of hydrogen-bond donors (Lipinski definition) is 4. The SMILES string of the molecule is CC(O)C(NC(=O)NC(C)C1CCCO1)C(=O)O. The molecule has 1 aliphatic heterocycles. The molecule has 0 saturated carbocycles. The lowest BCUT2D eigenvalue weighted by Gasteiger charge is -2.22. The number of nitrogens with one attached hydrogen (secondary N) is 2. The van der Waals surface area contributed by atoms with Gasteiger partial charge < -0.3 is 25.6 Å². The largest absolute Gasteiger partial charge is 0.480 e. The van der Waals surface area contributed by atoms with E-state index in [4.69, 9.17) is 9.84 Å². The lowest BCUT2D eigenvalue weighted by molar-refractivity contribution is -0.141. The molecule has 0 aromatic heterocycles. The third-order valence-electron chi connectivity index (χ3n) is 2.92. The van der Waals surface area contributed by atoms with Crippen LogP contribution in [0.4, 0.5) is 4.79 Å². The Kier molecular flexibility index (Phi) is 5.36. The number of amides is 2. The quantitative estimate of drug-likeness (QED) is 0.542. The summed E-state index contributed by atoms with van der Waals surface area (Å²) < 4.78 is 5.41. The van der Waals surface area contributed by atoms with Gasteiger partial charge in [-0.2, -0.15) is 0 Å². The Bertz CT molecular complexity index is 302. The Morgan fingerprint density at radius 3 is 2.44 bits per heavy atom. The molecule has 4 unspecified atom stereocenters. The summed E-state index contributed by atoms with van der Waals surface area (Å²) in [5.74, 6) is -1.27. The highest BCUT2D eigenvalue weighted by molar-refractivity contribution is 5.83. The Morgan fingerprint density at radius 2 is 2.00 bits per heavy atom. The highest BCUT2D eigenvalue weighted by Gasteiger charge is 2.27. The first-order valence-corrected chi connectivity index (χ1v) is 6.01. The van der Waals surface area contributed by atoms with Crippen LogP contribution in [0.1, 0.15) is 26.7 Å². The molecule has 1 fully saturated rings. The van der Waals surface area contributed by atoms with Crippen LogP contribution in [0.3, 0.4) is 0 Å². The fourth-order valence-electron chi connectivity index (χ4n) is 1.87. The molecule has 1 aliphatic rings. The topological polar surface area (TPSA) is 108 Å². The zero-order valence-electron chi connectivity index (χ0n) is 10.5. The molecular weight excluding hydrogens is 240 g/mol. The van der Waals surface area contributed by atoms with Crippen LogP contribution in [-0.2, 0) is 9.53 Å². The van der Waals surface area contributed by atoms with E-state index in [2.05, 4.69) is 10.6 Å². The monoisotopic (exact) mass is 260 g/mol. The van der Waals surface area contributed by atoms with Crippen LogP contribution in [-0.4, -0.2) is 53.1 Å². The lowest BCUT2D eigenvalue weighted by Crippen LogP contribution is -2.54. The molecule has 4 atom stereocenters. The van der Waals surface area contributed by atoms with E-state index in [1.54, 1.807) is 6.92 Å². The second-order valence-electron chi connectivity index (χ2n) is 4.51. The van der Waals surface area contributed by atoms with E-state index in [0.717, 1.165) is 12.8 Å². The van der Waals surface area contributed by atoms with Crippen molar-refractivity contribution in [2.75, 3.05) is 6.61 Å². The molecule has 0 radical (unpaired) electrons. The van der Waals surface area contributed by atoms with Crippen molar-refractivity contribution >= 4 is 12.0 Å². The van der Waals surface area contributed by atoms with Gasteiger partial charge in [-0.25, -0.2) is 9.59 Å². The van der Waals surface area contributed by atoms with Crippen molar-refractivity contribution in [1.82, 2.24) is 10.6 Å². The van der Waals surface area contributed by atoms with Crippen molar-refractivity contribution in [3.05, 3.63) is 0 Å². The number of ether oxygens (including phenoxy) is 1. The van der Waals surface area contributed by atoms with Gasteiger partial charge in [-0.1, -0.05) is 0 Å². The first-order valence-electron chi connectivity index (χ1n) is 6.01. The van der Waals surface area contributed by atoms with E-state index in [0.29, 0.717) is 6.61 Å². The van der Waals surface area contributed by atoms with E-state index in [9.17, 15) is 14.7 Å². The predicted molar refractivity (Wildman–Crippen MR) is 63.2 cm³/mol. The van der Waals surface area contributed by atoms with Crippen molar-refractivity contribution in [2.24, 2.45) is 0 Å². The molecule has 1 heterocycles. The maximum absolute atomic E-state index is 11.6. The molecule has 1 rings (SSSR count). The van der Waals surface area contributed by atoms with Crippen LogP contribution < -0.4 is 10.6 Å². The number of carbonyl (C=O) groups excluding carboxylic acids is 1. The lowest BCUT2D eigenvalue weighted by atomic mass is 10.1. The molecule has 7 heteroatoms. The molecule has 0 spiro atoms. The molecule has 104 valence electrons. The average Bonchev–Trinajstić information content (AvgIpc) is 2.78. The minimum absolute atomic E-state index is 0.0365. The Hall–Kier alpha value is -1.34. The summed E-state index contributed by atoms with van der Waals surface area (Å²) in [6, 6.07) is -2.14. The smallest absolute Gasteiger partial charge is 0.328 e. The molecule has 0 aromatic carbocycles. The van der Waals surface area contributed by atoms with Crippen LogP contribution in [0.25, 0.3) is 0 Å². The summed E-state index contributed by atoms with van der Waals surface area (Å²) in [4.78, 5) is 22.4. The molecular formula is C11H20N2O5. The van der Waals surface area contributed by atoms with Gasteiger partial charge in [0, 0.05) is 6.61 Å². The average molecular weight is 260 g/mol. The van der Waals surface area contributed by atoms with Crippen LogP contribution in [0.15, 0.2) is 0 Å². The van der Waals surface area contributed by atoms with Gasteiger partial charge in [0.1, 0.15) is 0 Å². The van der Waals surface area contributed by atoms with Crippen molar-refractivity contribution in [3.63, 3.8) is 0 Å². The van der Waals surface area contributed by atoms with Crippen LogP contribution >= 0.6 is 0 Å². The number of carboxylic acids is 1. The van der Waals surface area contributed by atoms with Crippen LogP contribution in [0, 0.1) is 0 Å². The Morgan fingerprint density at radius 1 is 1.33 bits per heavy atom. The first-order chi connectivity index (χ1) is 8.41. The van der Waals surface area contributed by atoms with Crippen molar-refractivity contribution in [3.8, 4) is 0 Å². The standard InChI is InChI=1S/C11H20N2O5/c1-6(8-4-3-5-18-8)12-11(17)13-9(7(2)14)10(15)16/h6-9,14H,3-5H2,1-2H3,(H,15,16)(H2,12,13,17). The fourth-order valence-corrected chi connectivity index (χ4v) is 1.87. The van der Waals surface area contributed by atoms with Crippen molar-refractivity contribution in [1.29, 1.82) is 0 Å². The molecule has 1 saturated heterocycles. The number of aliphatic hydroxyl groups is 1. The number of carbonyl (C=O) groups is 2. The Balaban J connectivity index is 2.42. The molecule has 18 heavy (non-hydrogen) atoms. The molecule has 2 amide bonds. The summed E-state index contributed by atoms with van der Waals surface area (Å²) in [6.07, 6.45) is 0.640. The number of rotatable bonds is 5. The summed E-state index contributed by atoms with van der Waals surface area (Å²) in [5, 5.41) is 22.9. The van der Waals surface area contributed by atoms with Gasteiger partial charge in [-0.05, 0) is 26.7 Å². The number of hydrogen-bond acceptors (Lipinski definition) is 4. The van der Waals surface area contributed by atoms with E-state index >= 15 is 0 Å². The predicted octanol–water partition coefficient (Wildman–Crippen LogP) is -0.313. The van der Waals surface area contributed by atoms with Gasteiger partial charge in [0.25, 0.3) is 0 Å². The minimum Gasteiger partial charge on any atom is -0.480 e. The van der Waals surface area contributed by atoms with Gasteiger partial charge in [0.05, 0.1) is 18.2 Å². The maximum atomic E-state index is 11.6. The second kappa shape index (κ2) is 6.55. The van der Waals surface area contributed by atoms with E-state index in [1.165, 1.54) is 6.92 Å². The normalized spacial score (nSPS) is 24.1. The van der Waals surface area contributed by atoms with Crippen LogP contribution in [0.5, 0.6) is 0 Å². The summed E-state index contributed by atoms with van der Waals surface area (Å²) in [5.41, 5.74) is 0. The van der Waals surface area contributed by atoms with E-state index < -0.39 is 24.1 Å². The van der Waals surface area contributed by atoms with Gasteiger partial charge >= 0.3 is 12.0 Å². The molecule has 0 aliphatic carbocycles. The number of aliphatic carboxylic acids is 1. The minimum atomic E-state index is -1.32. The van der Waals surface area contributed by atoms with Gasteiger partial charge in [-0.15, -0.1) is 0 Å². The number of aliphatic hydroxyl groups excluding tert-OH is 1. The van der Waals surface area contributed by atoms with E-state index in [-0.39, 0.29) is 12.1 Å². The first kappa shape index (κ1) is 14.7. The third-order valence-corrected chi connectivity index (χ3v) is 2.92. The zero-order chi connectivity index (χ0) is 13.7. The van der Waals surface area contributed by atoms with Gasteiger partial charge in [-0.3, -0.25) is 0 Å². The van der Waals surface area contributed by atoms with Crippen molar-refractivity contribution in [2.45, 2.75) is 51.0 Å².